The molecule has 0 spiro atoms. The first kappa shape index (κ1) is 18.4. The number of nitrogens with zero attached hydrogens (tertiary/aromatic N) is 2. The number of benzene rings is 2. The van der Waals surface area contributed by atoms with Crippen LogP contribution in [0.25, 0.3) is 17.1 Å². The SMILES string of the molecule is Cc1cc(C(C)(C)C)c(-n2ccnc2-c2ccccc2)c(C(C)(C)C)c1. The van der Waals surface area contributed by atoms with Crippen molar-refractivity contribution in [3.05, 3.63) is 71.5 Å². The van der Waals surface area contributed by atoms with Gasteiger partial charge in [-0.3, -0.25) is 4.57 Å². The third-order valence-corrected chi connectivity index (χ3v) is 4.78. The fourth-order valence-electron chi connectivity index (χ4n) is 3.47. The van der Waals surface area contributed by atoms with Crippen LogP contribution in [0.15, 0.2) is 54.9 Å². The fraction of sp³-hybridized carbons (Fsp3) is 0.375. The van der Waals surface area contributed by atoms with E-state index in [-0.39, 0.29) is 10.8 Å². The van der Waals surface area contributed by atoms with Crippen molar-refractivity contribution in [3.63, 3.8) is 0 Å². The van der Waals surface area contributed by atoms with Gasteiger partial charge in [-0.25, -0.2) is 4.98 Å². The highest BCUT2D eigenvalue weighted by Gasteiger charge is 2.28. The van der Waals surface area contributed by atoms with E-state index in [0.717, 1.165) is 11.4 Å². The molecule has 0 saturated heterocycles. The molecule has 26 heavy (non-hydrogen) atoms. The molecule has 0 bridgehead atoms. The normalized spacial score (nSPS) is 12.4. The van der Waals surface area contributed by atoms with Crippen molar-refractivity contribution in [3.8, 4) is 17.1 Å². The number of rotatable bonds is 2. The maximum absolute atomic E-state index is 4.69. The highest BCUT2D eigenvalue weighted by Crippen LogP contribution is 2.39. The van der Waals surface area contributed by atoms with Gasteiger partial charge in [-0.05, 0) is 28.9 Å². The summed E-state index contributed by atoms with van der Waals surface area (Å²) < 4.78 is 2.27. The molecule has 3 aromatic rings. The van der Waals surface area contributed by atoms with Crippen LogP contribution in [0.3, 0.4) is 0 Å². The van der Waals surface area contributed by atoms with Crippen molar-refractivity contribution in [1.82, 2.24) is 9.55 Å². The number of hydrogen-bond donors (Lipinski definition) is 0. The first-order valence-electron chi connectivity index (χ1n) is 9.34. The predicted molar refractivity (Wildman–Crippen MR) is 111 cm³/mol. The summed E-state index contributed by atoms with van der Waals surface area (Å²) in [6.07, 6.45) is 4.00. The van der Waals surface area contributed by atoms with E-state index < -0.39 is 0 Å². The molecule has 3 rings (SSSR count). The van der Waals surface area contributed by atoms with E-state index in [4.69, 9.17) is 4.98 Å². The van der Waals surface area contributed by atoms with Crippen molar-refractivity contribution in [2.24, 2.45) is 0 Å². The lowest BCUT2D eigenvalue weighted by molar-refractivity contribution is 0.561. The molecule has 0 atom stereocenters. The summed E-state index contributed by atoms with van der Waals surface area (Å²) in [4.78, 5) is 4.69. The van der Waals surface area contributed by atoms with E-state index in [0.29, 0.717) is 0 Å². The summed E-state index contributed by atoms with van der Waals surface area (Å²) in [5.41, 5.74) is 6.52. The Labute approximate surface area is 157 Å². The van der Waals surface area contributed by atoms with E-state index in [1.54, 1.807) is 0 Å². The zero-order valence-corrected chi connectivity index (χ0v) is 17.1. The molecule has 136 valence electrons. The lowest BCUT2D eigenvalue weighted by Gasteiger charge is -2.31. The highest BCUT2D eigenvalue weighted by molar-refractivity contribution is 5.63. The van der Waals surface area contributed by atoms with Gasteiger partial charge in [0, 0.05) is 18.0 Å². The Morgan fingerprint density at radius 3 is 1.85 bits per heavy atom. The Balaban J connectivity index is 2.38. The molecular formula is C24H30N2. The Morgan fingerprint density at radius 1 is 0.808 bits per heavy atom. The van der Waals surface area contributed by atoms with E-state index >= 15 is 0 Å². The standard InChI is InChI=1S/C24H30N2/c1-17-15-19(23(2,3)4)21(20(16-17)24(5,6)7)26-14-13-25-22(26)18-11-9-8-10-12-18/h8-16H,1-7H3. The van der Waals surface area contributed by atoms with Gasteiger partial charge in [0.25, 0.3) is 0 Å². The van der Waals surface area contributed by atoms with Gasteiger partial charge in [-0.2, -0.15) is 0 Å². The summed E-state index contributed by atoms with van der Waals surface area (Å²) >= 11 is 0. The molecule has 2 nitrogen and oxygen atoms in total. The van der Waals surface area contributed by atoms with Crippen molar-refractivity contribution in [2.75, 3.05) is 0 Å². The Kier molecular flexibility index (Phi) is 4.56. The molecule has 0 fully saturated rings. The minimum Gasteiger partial charge on any atom is -0.299 e. The molecule has 0 unspecified atom stereocenters. The third-order valence-electron chi connectivity index (χ3n) is 4.78. The van der Waals surface area contributed by atoms with Gasteiger partial charge in [0.15, 0.2) is 0 Å². The van der Waals surface area contributed by atoms with Crippen LogP contribution in [0, 0.1) is 6.92 Å². The number of aryl methyl sites for hydroxylation is 1. The van der Waals surface area contributed by atoms with E-state index in [1.165, 1.54) is 22.4 Å². The average molecular weight is 347 g/mol. The van der Waals surface area contributed by atoms with Crippen LogP contribution in [-0.4, -0.2) is 9.55 Å². The second-order valence-electron chi connectivity index (χ2n) is 9.20. The molecular weight excluding hydrogens is 316 g/mol. The molecule has 1 heterocycles. The molecule has 2 aromatic carbocycles. The highest BCUT2D eigenvalue weighted by atomic mass is 15.1. The van der Waals surface area contributed by atoms with Crippen LogP contribution < -0.4 is 0 Å². The third kappa shape index (κ3) is 3.46. The lowest BCUT2D eigenvalue weighted by atomic mass is 9.77. The molecule has 0 saturated carbocycles. The molecule has 0 N–H and O–H groups in total. The van der Waals surface area contributed by atoms with Gasteiger partial charge in [0.1, 0.15) is 5.82 Å². The Morgan fingerprint density at radius 2 is 1.35 bits per heavy atom. The maximum Gasteiger partial charge on any atom is 0.144 e. The summed E-state index contributed by atoms with van der Waals surface area (Å²) in [6.45, 7) is 15.9. The second-order valence-corrected chi connectivity index (χ2v) is 9.20. The van der Waals surface area contributed by atoms with E-state index in [2.05, 4.69) is 95.6 Å². The largest absolute Gasteiger partial charge is 0.299 e. The van der Waals surface area contributed by atoms with Crippen LogP contribution in [0.2, 0.25) is 0 Å². The fourth-order valence-corrected chi connectivity index (χ4v) is 3.47. The van der Waals surface area contributed by atoms with Gasteiger partial charge in [-0.1, -0.05) is 89.6 Å². The summed E-state index contributed by atoms with van der Waals surface area (Å²) in [5.74, 6) is 0.991. The number of aromatic nitrogens is 2. The summed E-state index contributed by atoms with van der Waals surface area (Å²) in [5, 5.41) is 0. The molecule has 1 aromatic heterocycles. The molecule has 0 radical (unpaired) electrons. The molecule has 0 aliphatic rings. The first-order valence-corrected chi connectivity index (χ1v) is 9.34. The molecule has 0 amide bonds. The lowest BCUT2D eigenvalue weighted by Crippen LogP contribution is -2.22. The van der Waals surface area contributed by atoms with Gasteiger partial charge in [-0.15, -0.1) is 0 Å². The molecule has 0 aliphatic carbocycles. The predicted octanol–water partition coefficient (Wildman–Crippen LogP) is 6.44. The number of hydrogen-bond acceptors (Lipinski definition) is 1. The molecule has 0 aliphatic heterocycles. The minimum atomic E-state index is 0.0413. The maximum atomic E-state index is 4.69. The van der Waals surface area contributed by atoms with Crippen molar-refractivity contribution < 1.29 is 0 Å². The Bertz CT molecular complexity index is 868. The summed E-state index contributed by atoms with van der Waals surface area (Å²) in [7, 11) is 0. The quantitative estimate of drug-likeness (QED) is 0.522. The zero-order chi connectivity index (χ0) is 19.1. The van der Waals surface area contributed by atoms with Crippen molar-refractivity contribution >= 4 is 0 Å². The van der Waals surface area contributed by atoms with Gasteiger partial charge >= 0.3 is 0 Å². The van der Waals surface area contributed by atoms with E-state index in [1.807, 2.05) is 12.3 Å². The second kappa shape index (κ2) is 6.42. The van der Waals surface area contributed by atoms with Crippen LogP contribution in [0.1, 0.15) is 58.2 Å². The van der Waals surface area contributed by atoms with Crippen molar-refractivity contribution in [2.45, 2.75) is 59.3 Å². The average Bonchev–Trinajstić information content (AvgIpc) is 3.02. The minimum absolute atomic E-state index is 0.0413. The zero-order valence-electron chi connectivity index (χ0n) is 17.1. The first-order chi connectivity index (χ1) is 12.1. The Hall–Kier alpha value is -2.35. The van der Waals surface area contributed by atoms with Crippen LogP contribution in [0.5, 0.6) is 0 Å². The van der Waals surface area contributed by atoms with Crippen LogP contribution in [0.4, 0.5) is 0 Å². The monoisotopic (exact) mass is 346 g/mol. The number of imidazole rings is 1. The smallest absolute Gasteiger partial charge is 0.144 e. The topological polar surface area (TPSA) is 17.8 Å². The molecule has 2 heteroatoms. The summed E-state index contributed by atoms with van der Waals surface area (Å²) in [6, 6.07) is 15.1. The van der Waals surface area contributed by atoms with E-state index in [9.17, 15) is 0 Å². The van der Waals surface area contributed by atoms with Gasteiger partial charge in [0.05, 0.1) is 5.69 Å². The van der Waals surface area contributed by atoms with Crippen LogP contribution >= 0.6 is 0 Å². The van der Waals surface area contributed by atoms with Crippen molar-refractivity contribution in [1.29, 1.82) is 0 Å². The van der Waals surface area contributed by atoms with Gasteiger partial charge in [0.2, 0.25) is 0 Å². The van der Waals surface area contributed by atoms with Crippen LogP contribution in [-0.2, 0) is 10.8 Å². The van der Waals surface area contributed by atoms with Gasteiger partial charge < -0.3 is 0 Å².